The highest BCUT2D eigenvalue weighted by Gasteiger charge is 2.11. The molecule has 0 saturated heterocycles. The molecule has 34 heavy (non-hydrogen) atoms. The summed E-state index contributed by atoms with van der Waals surface area (Å²) in [6.07, 6.45) is 5.55. The first kappa shape index (κ1) is 21.2. The molecule has 0 aliphatic carbocycles. The summed E-state index contributed by atoms with van der Waals surface area (Å²) >= 11 is 6.37. The molecule has 0 spiro atoms. The first-order chi connectivity index (χ1) is 16.7. The highest BCUT2D eigenvalue weighted by atomic mass is 32.1. The molecule has 8 heteroatoms. The summed E-state index contributed by atoms with van der Waals surface area (Å²) in [6.45, 7) is 0. The highest BCUT2D eigenvalue weighted by molar-refractivity contribution is 7.25. The van der Waals surface area contributed by atoms with E-state index >= 15 is 0 Å². The fourth-order valence-electron chi connectivity index (χ4n) is 3.62. The van der Waals surface area contributed by atoms with Crippen molar-refractivity contribution in [1.29, 1.82) is 0 Å². The normalized spacial score (nSPS) is 11.2. The summed E-state index contributed by atoms with van der Waals surface area (Å²) in [5.41, 5.74) is 3.75. The van der Waals surface area contributed by atoms with Crippen molar-refractivity contribution < 1.29 is 9.59 Å². The molecule has 0 amide bonds. The minimum Gasteiger partial charge on any atom is -0.297 e. The molecule has 164 valence electrons. The number of hydrogen-bond acceptors (Lipinski definition) is 8. The van der Waals surface area contributed by atoms with Gasteiger partial charge in [0.15, 0.2) is 12.6 Å². The van der Waals surface area contributed by atoms with Crippen LogP contribution in [0, 0.1) is 0 Å². The predicted molar refractivity (Wildman–Crippen MR) is 144 cm³/mol. The van der Waals surface area contributed by atoms with Crippen LogP contribution in [0.2, 0.25) is 0 Å². The molecule has 4 nitrogen and oxygen atoms in total. The molecule has 0 unspecified atom stereocenters. The first-order valence-electron chi connectivity index (χ1n) is 10.3. The van der Waals surface area contributed by atoms with Gasteiger partial charge >= 0.3 is 0 Å². The molecule has 0 N–H and O–H groups in total. The van der Waals surface area contributed by atoms with Gasteiger partial charge in [-0.15, -0.1) is 45.3 Å². The Morgan fingerprint density at radius 2 is 0.882 bits per heavy atom. The van der Waals surface area contributed by atoms with Gasteiger partial charge in [-0.05, 0) is 60.7 Å². The van der Waals surface area contributed by atoms with Crippen LogP contribution >= 0.6 is 45.3 Å². The number of pyridine rings is 2. The minimum atomic E-state index is 0.733. The lowest BCUT2D eigenvalue weighted by Gasteiger charge is -2.03. The fourth-order valence-corrected chi connectivity index (χ4v) is 7.42. The summed E-state index contributed by atoms with van der Waals surface area (Å²) in [5, 5.41) is 0. The first-order valence-corrected chi connectivity index (χ1v) is 13.5. The van der Waals surface area contributed by atoms with Crippen LogP contribution in [-0.4, -0.2) is 22.5 Å². The lowest BCUT2D eigenvalue weighted by molar-refractivity contribution is 0.111. The van der Waals surface area contributed by atoms with E-state index in [-0.39, 0.29) is 0 Å². The van der Waals surface area contributed by atoms with Gasteiger partial charge in [0.25, 0.3) is 0 Å². The maximum Gasteiger partial charge on any atom is 0.160 e. The van der Waals surface area contributed by atoms with E-state index in [1.165, 1.54) is 22.7 Å². The standard InChI is InChI=1S/C26H14N2O2S4/c29-13-17-1-3-23(31-17)25-7-5-21(33-25)15-9-19-20(27-11-15)10-16(12-28-19)22-6-8-26(34-22)24-4-2-18(14-30)32-24/h1-14H. The second-order valence-electron chi connectivity index (χ2n) is 7.45. The molecule has 6 heterocycles. The maximum absolute atomic E-state index is 11.0. The largest absolute Gasteiger partial charge is 0.297 e. The number of aromatic nitrogens is 2. The Morgan fingerprint density at radius 3 is 1.29 bits per heavy atom. The van der Waals surface area contributed by atoms with Gasteiger partial charge in [0.05, 0.1) is 20.8 Å². The van der Waals surface area contributed by atoms with Crippen LogP contribution in [0.25, 0.3) is 51.4 Å². The van der Waals surface area contributed by atoms with E-state index in [0.717, 1.165) is 73.7 Å². The van der Waals surface area contributed by atoms with Gasteiger partial charge in [0, 0.05) is 52.8 Å². The average molecular weight is 515 g/mol. The molecular weight excluding hydrogens is 501 g/mol. The van der Waals surface area contributed by atoms with E-state index in [0.29, 0.717) is 0 Å². The van der Waals surface area contributed by atoms with E-state index in [1.807, 2.05) is 36.7 Å². The monoisotopic (exact) mass is 514 g/mol. The number of aldehydes is 2. The van der Waals surface area contributed by atoms with Crippen molar-refractivity contribution >= 4 is 69.0 Å². The third-order valence-electron chi connectivity index (χ3n) is 5.28. The van der Waals surface area contributed by atoms with Gasteiger partial charge in [-0.3, -0.25) is 19.6 Å². The summed E-state index contributed by atoms with van der Waals surface area (Å²) in [5.74, 6) is 0. The Morgan fingerprint density at radius 1 is 0.500 bits per heavy atom. The number of rotatable bonds is 6. The fraction of sp³-hybridized carbons (Fsp3) is 0. The van der Waals surface area contributed by atoms with Crippen LogP contribution in [0.1, 0.15) is 19.3 Å². The van der Waals surface area contributed by atoms with E-state index in [4.69, 9.17) is 9.97 Å². The van der Waals surface area contributed by atoms with Gasteiger partial charge in [-0.25, -0.2) is 0 Å². The predicted octanol–water partition coefficient (Wildman–Crippen LogP) is 8.17. The molecule has 0 saturated carbocycles. The number of carbonyl (C=O) groups is 2. The molecule has 0 aromatic carbocycles. The average Bonchev–Trinajstić information content (AvgIpc) is 3.69. The third kappa shape index (κ3) is 3.95. The quantitative estimate of drug-likeness (QED) is 0.210. The third-order valence-corrected chi connectivity index (χ3v) is 9.97. The molecule has 0 atom stereocenters. The molecule has 0 fully saturated rings. The number of nitrogens with zero attached hydrogens (tertiary/aromatic N) is 2. The van der Waals surface area contributed by atoms with Crippen molar-refractivity contribution in [2.75, 3.05) is 0 Å². The van der Waals surface area contributed by atoms with E-state index in [2.05, 4.69) is 36.4 Å². The lowest BCUT2D eigenvalue weighted by Crippen LogP contribution is -1.86. The summed E-state index contributed by atoms with van der Waals surface area (Å²) in [7, 11) is 0. The molecule has 0 aliphatic rings. The van der Waals surface area contributed by atoms with Crippen LogP contribution in [0.5, 0.6) is 0 Å². The van der Waals surface area contributed by atoms with Gasteiger partial charge in [0.2, 0.25) is 0 Å². The smallest absolute Gasteiger partial charge is 0.160 e. The summed E-state index contributed by atoms with van der Waals surface area (Å²) in [6, 6.07) is 20.2. The molecule has 0 bridgehead atoms. The molecule has 0 radical (unpaired) electrons. The minimum absolute atomic E-state index is 0.733. The van der Waals surface area contributed by atoms with Gasteiger partial charge in [0.1, 0.15) is 0 Å². The SMILES string of the molecule is O=Cc1ccc(-c2ccc(-c3cnc4cc(-c5ccc(-c6ccc(C=O)s6)s5)cnc4c3)s2)s1. The Kier molecular flexibility index (Phi) is 5.50. The van der Waals surface area contributed by atoms with E-state index in [1.54, 1.807) is 22.7 Å². The number of carbonyl (C=O) groups excluding carboxylic acids is 2. The summed E-state index contributed by atoms with van der Waals surface area (Å²) < 4.78 is 0. The molecule has 6 aromatic rings. The zero-order valence-electron chi connectivity index (χ0n) is 17.4. The van der Waals surface area contributed by atoms with Crippen molar-refractivity contribution in [3.05, 3.63) is 82.8 Å². The summed E-state index contributed by atoms with van der Waals surface area (Å²) in [4.78, 5) is 39.5. The number of fused-ring (bicyclic) bond motifs is 1. The Bertz CT molecular complexity index is 1550. The van der Waals surface area contributed by atoms with Crippen LogP contribution in [0.4, 0.5) is 0 Å². The van der Waals surface area contributed by atoms with Gasteiger partial charge in [-0.2, -0.15) is 0 Å². The zero-order chi connectivity index (χ0) is 23.1. The number of thiophene rings is 4. The Labute approximate surface area is 210 Å². The Balaban J connectivity index is 1.28. The molecule has 0 aliphatic heterocycles. The van der Waals surface area contributed by atoms with Crippen molar-refractivity contribution in [3.8, 4) is 40.4 Å². The van der Waals surface area contributed by atoms with Crippen LogP contribution < -0.4 is 0 Å². The van der Waals surface area contributed by atoms with Crippen molar-refractivity contribution in [1.82, 2.24) is 9.97 Å². The van der Waals surface area contributed by atoms with Crippen LogP contribution in [0.15, 0.2) is 73.1 Å². The second kappa shape index (κ2) is 8.81. The van der Waals surface area contributed by atoms with E-state index < -0.39 is 0 Å². The second-order valence-corrected chi connectivity index (χ2v) is 11.9. The Hall–Kier alpha value is -3.30. The van der Waals surface area contributed by atoms with Crippen LogP contribution in [-0.2, 0) is 0 Å². The van der Waals surface area contributed by atoms with Gasteiger partial charge < -0.3 is 0 Å². The molecule has 6 rings (SSSR count). The van der Waals surface area contributed by atoms with Crippen LogP contribution in [0.3, 0.4) is 0 Å². The van der Waals surface area contributed by atoms with Crippen molar-refractivity contribution in [2.24, 2.45) is 0 Å². The highest BCUT2D eigenvalue weighted by Crippen LogP contribution is 2.39. The zero-order valence-corrected chi connectivity index (χ0v) is 20.7. The topological polar surface area (TPSA) is 59.9 Å². The van der Waals surface area contributed by atoms with E-state index in [9.17, 15) is 9.59 Å². The maximum atomic E-state index is 11.0. The van der Waals surface area contributed by atoms with Gasteiger partial charge in [-0.1, -0.05) is 0 Å². The molecular formula is C26H14N2O2S4. The lowest BCUT2D eigenvalue weighted by atomic mass is 10.1. The number of hydrogen-bond donors (Lipinski definition) is 0. The van der Waals surface area contributed by atoms with Crippen molar-refractivity contribution in [2.45, 2.75) is 0 Å². The molecule has 6 aromatic heterocycles. The van der Waals surface area contributed by atoms with Crippen molar-refractivity contribution in [3.63, 3.8) is 0 Å².